The van der Waals surface area contributed by atoms with E-state index >= 15 is 0 Å². The number of aromatic nitrogens is 2. The number of ether oxygens (including phenoxy) is 1. The second kappa shape index (κ2) is 8.37. The molecular formula is C24H24F4N5O2P. The number of hydrogen-bond donors (Lipinski definition) is 2. The molecule has 190 valence electrons. The molecule has 0 radical (unpaired) electrons. The van der Waals surface area contributed by atoms with Crippen LogP contribution in [0.1, 0.15) is 6.42 Å². The molecule has 1 aliphatic heterocycles. The molecule has 1 saturated carbocycles. The van der Waals surface area contributed by atoms with Crippen LogP contribution in [0, 0.1) is 17.0 Å². The van der Waals surface area contributed by atoms with Gasteiger partial charge >= 0.3 is 0 Å². The van der Waals surface area contributed by atoms with Crippen molar-refractivity contribution in [1.82, 2.24) is 9.97 Å². The molecule has 7 nitrogen and oxygen atoms in total. The fourth-order valence-electron chi connectivity index (χ4n) is 4.53. The molecule has 0 bridgehead atoms. The lowest BCUT2D eigenvalue weighted by Crippen LogP contribution is -2.52. The van der Waals surface area contributed by atoms with Crippen LogP contribution in [-0.2, 0) is 4.57 Å². The van der Waals surface area contributed by atoms with Crippen molar-refractivity contribution in [2.45, 2.75) is 12.3 Å². The van der Waals surface area contributed by atoms with Gasteiger partial charge in [0.1, 0.15) is 18.6 Å². The van der Waals surface area contributed by atoms with E-state index in [1.165, 1.54) is 24.1 Å². The highest BCUT2D eigenvalue weighted by atomic mass is 31.2. The van der Waals surface area contributed by atoms with Crippen molar-refractivity contribution in [3.8, 4) is 5.75 Å². The zero-order valence-corrected chi connectivity index (χ0v) is 20.7. The molecule has 0 atom stereocenters. The number of nitrogens with zero attached hydrogens (tertiary/aromatic N) is 3. The van der Waals surface area contributed by atoms with Gasteiger partial charge in [-0.15, -0.1) is 0 Å². The van der Waals surface area contributed by atoms with E-state index in [4.69, 9.17) is 4.74 Å². The van der Waals surface area contributed by atoms with Gasteiger partial charge in [0.2, 0.25) is 5.95 Å². The van der Waals surface area contributed by atoms with Gasteiger partial charge in [-0.2, -0.15) is 4.98 Å². The van der Waals surface area contributed by atoms with E-state index in [0.29, 0.717) is 11.0 Å². The highest BCUT2D eigenvalue weighted by Crippen LogP contribution is 2.66. The average Bonchev–Trinajstić information content (AvgIpc) is 3.38. The van der Waals surface area contributed by atoms with Gasteiger partial charge in [0.15, 0.2) is 17.4 Å². The van der Waals surface area contributed by atoms with E-state index < -0.39 is 30.1 Å². The highest BCUT2D eigenvalue weighted by molar-refractivity contribution is 7.70. The number of anilines is 5. The molecule has 0 amide bonds. The van der Waals surface area contributed by atoms with Gasteiger partial charge in [-0.3, -0.25) is 0 Å². The zero-order valence-electron chi connectivity index (χ0n) is 19.8. The molecule has 3 aromatic rings. The van der Waals surface area contributed by atoms with Crippen molar-refractivity contribution in [2.24, 2.45) is 5.41 Å². The van der Waals surface area contributed by atoms with Crippen molar-refractivity contribution in [3.63, 3.8) is 0 Å². The van der Waals surface area contributed by atoms with Crippen LogP contribution < -0.4 is 25.6 Å². The summed E-state index contributed by atoms with van der Waals surface area (Å²) in [5, 5.41) is 6.31. The minimum Gasteiger partial charge on any atom is -0.492 e. The Bertz CT molecular complexity index is 1390. The Hall–Kier alpha value is -3.33. The van der Waals surface area contributed by atoms with Crippen LogP contribution in [0.15, 0.2) is 42.6 Å². The average molecular weight is 521 g/mol. The highest BCUT2D eigenvalue weighted by Gasteiger charge is 2.76. The molecule has 36 heavy (non-hydrogen) atoms. The molecule has 2 aliphatic rings. The zero-order chi connectivity index (χ0) is 25.9. The van der Waals surface area contributed by atoms with Crippen LogP contribution in [0.2, 0.25) is 0 Å². The number of benzene rings is 2. The van der Waals surface area contributed by atoms with Crippen LogP contribution in [0.4, 0.5) is 46.4 Å². The van der Waals surface area contributed by atoms with Crippen molar-refractivity contribution in [1.29, 1.82) is 0 Å². The Balaban J connectivity index is 1.42. The van der Waals surface area contributed by atoms with E-state index in [1.54, 1.807) is 37.6 Å². The predicted octanol–water partition coefficient (Wildman–Crippen LogP) is 5.34. The third-order valence-corrected chi connectivity index (χ3v) is 8.08. The molecule has 2 fully saturated rings. The maximum absolute atomic E-state index is 14.7. The smallest absolute Gasteiger partial charge is 0.258 e. The standard InChI is InChI=1S/C24H24F4N5O2P/c1-35-20-17(9-8-14(25)19(20)33-12-23(13-33)11-24(23,27)28)31-22-29-10-15(26)21(32-22)30-16-6-4-5-7-18(16)36(2,3)34/h4-10H,11-13H2,1-3H3,(H2,29,30,31,32). The van der Waals surface area contributed by atoms with E-state index in [9.17, 15) is 22.1 Å². The molecule has 1 saturated heterocycles. The quantitative estimate of drug-likeness (QED) is 0.321. The fraction of sp³-hybridized carbons (Fsp3) is 0.333. The number of para-hydroxylation sites is 1. The monoisotopic (exact) mass is 521 g/mol. The number of rotatable bonds is 7. The van der Waals surface area contributed by atoms with E-state index in [-0.39, 0.29) is 48.4 Å². The predicted molar refractivity (Wildman–Crippen MR) is 131 cm³/mol. The molecule has 12 heteroatoms. The van der Waals surface area contributed by atoms with Crippen molar-refractivity contribution >= 4 is 41.3 Å². The lowest BCUT2D eigenvalue weighted by atomic mass is 9.94. The second-order valence-corrected chi connectivity index (χ2v) is 12.7. The summed E-state index contributed by atoms with van der Waals surface area (Å²) >= 11 is 0. The third-order valence-electron chi connectivity index (χ3n) is 6.53. The summed E-state index contributed by atoms with van der Waals surface area (Å²) < 4.78 is 74.7. The summed E-state index contributed by atoms with van der Waals surface area (Å²) in [7, 11) is -1.32. The first-order valence-electron chi connectivity index (χ1n) is 11.1. The lowest BCUT2D eigenvalue weighted by Gasteiger charge is -2.42. The number of halogens is 4. The van der Waals surface area contributed by atoms with Crippen LogP contribution in [0.25, 0.3) is 0 Å². The molecule has 2 aromatic carbocycles. The molecule has 2 heterocycles. The third kappa shape index (κ3) is 4.15. The summed E-state index contributed by atoms with van der Waals surface area (Å²) in [4.78, 5) is 9.65. The summed E-state index contributed by atoms with van der Waals surface area (Å²) in [6.45, 7) is 3.27. The molecule has 1 aromatic heterocycles. The van der Waals surface area contributed by atoms with Gasteiger partial charge in [0.25, 0.3) is 5.92 Å². The van der Waals surface area contributed by atoms with Crippen LogP contribution in [0.3, 0.4) is 0 Å². The largest absolute Gasteiger partial charge is 0.492 e. The first-order valence-corrected chi connectivity index (χ1v) is 13.7. The molecule has 0 unspecified atom stereocenters. The summed E-state index contributed by atoms with van der Waals surface area (Å²) in [6, 6.07) is 9.42. The fourth-order valence-corrected chi connectivity index (χ4v) is 5.68. The number of alkyl halides is 2. The van der Waals surface area contributed by atoms with Crippen molar-refractivity contribution < 1.29 is 26.9 Å². The van der Waals surface area contributed by atoms with Crippen LogP contribution in [-0.4, -0.2) is 49.4 Å². The lowest BCUT2D eigenvalue weighted by molar-refractivity contribution is 0.0517. The Morgan fingerprint density at radius 2 is 1.72 bits per heavy atom. The van der Waals surface area contributed by atoms with Gasteiger partial charge in [0.05, 0.1) is 30.1 Å². The van der Waals surface area contributed by atoms with E-state index in [1.807, 2.05) is 0 Å². The van der Waals surface area contributed by atoms with Crippen LogP contribution >= 0.6 is 7.14 Å². The topological polar surface area (TPSA) is 79.4 Å². The summed E-state index contributed by atoms with van der Waals surface area (Å²) in [5.41, 5.74) is -0.306. The molecule has 1 aliphatic carbocycles. The van der Waals surface area contributed by atoms with Gasteiger partial charge in [-0.05, 0) is 37.6 Å². The Labute approximate surface area is 205 Å². The van der Waals surface area contributed by atoms with Gasteiger partial charge in [-0.1, -0.05) is 12.1 Å². The van der Waals surface area contributed by atoms with Crippen molar-refractivity contribution in [3.05, 3.63) is 54.2 Å². The Morgan fingerprint density at radius 3 is 2.36 bits per heavy atom. The Kier molecular flexibility index (Phi) is 5.66. The van der Waals surface area contributed by atoms with E-state index in [0.717, 1.165) is 6.20 Å². The van der Waals surface area contributed by atoms with Gasteiger partial charge in [0, 0.05) is 24.8 Å². The number of methoxy groups -OCH3 is 1. The molecule has 1 spiro atoms. The van der Waals surface area contributed by atoms with E-state index in [2.05, 4.69) is 20.6 Å². The maximum Gasteiger partial charge on any atom is 0.258 e. The van der Waals surface area contributed by atoms with Gasteiger partial charge in [-0.25, -0.2) is 22.5 Å². The maximum atomic E-state index is 14.7. The minimum absolute atomic E-state index is 0.0165. The Morgan fingerprint density at radius 1 is 1.03 bits per heavy atom. The minimum atomic E-state index is -2.73. The summed E-state index contributed by atoms with van der Waals surface area (Å²) in [5.74, 6) is -4.15. The van der Waals surface area contributed by atoms with Gasteiger partial charge < -0.3 is 24.8 Å². The SMILES string of the molecule is COc1c(Nc2ncc(F)c(Nc3ccccc3P(C)(C)=O)n2)ccc(F)c1N1CC2(C1)CC2(F)F. The molecule has 5 rings (SSSR count). The first-order chi connectivity index (χ1) is 16.9. The van der Waals surface area contributed by atoms with Crippen LogP contribution in [0.5, 0.6) is 5.75 Å². The molecule has 2 N–H and O–H groups in total. The summed E-state index contributed by atoms with van der Waals surface area (Å²) in [6.07, 6.45) is 0.759. The first kappa shape index (κ1) is 24.4. The molecular weight excluding hydrogens is 497 g/mol. The normalized spacial score (nSPS) is 17.5. The number of nitrogens with one attached hydrogen (secondary N) is 2. The van der Waals surface area contributed by atoms with Crippen molar-refractivity contribution in [2.75, 3.05) is 49.1 Å². The second-order valence-electron chi connectivity index (χ2n) is 9.50. The number of hydrogen-bond acceptors (Lipinski definition) is 7.